The fourth-order valence-corrected chi connectivity index (χ4v) is 3.87. The summed E-state index contributed by atoms with van der Waals surface area (Å²) in [5.74, 6) is 0. The van der Waals surface area contributed by atoms with Crippen molar-refractivity contribution in [2.45, 2.75) is 26.4 Å². The van der Waals surface area contributed by atoms with Crippen LogP contribution in [0, 0.1) is 0 Å². The standard InChI is InChI=1S/C24H28N4O/c1-19(2)16-22-24(21-6-4-3-5-7-21)26-18-28(22)17-23(20-8-10-25-11-9-20)27-12-14-29-15-13-27/h3-11,16,18,23H,12-15,17H2,1-2H3/t23-/m0/s1. The minimum atomic E-state index is 0.254. The summed E-state index contributed by atoms with van der Waals surface area (Å²) in [7, 11) is 0. The van der Waals surface area contributed by atoms with Gasteiger partial charge in [-0.15, -0.1) is 0 Å². The number of allylic oxidation sites excluding steroid dienone is 1. The van der Waals surface area contributed by atoms with Crippen molar-refractivity contribution in [1.82, 2.24) is 19.4 Å². The lowest BCUT2D eigenvalue weighted by Crippen LogP contribution is -2.40. The van der Waals surface area contributed by atoms with Gasteiger partial charge in [0, 0.05) is 37.6 Å². The molecule has 3 heterocycles. The Kier molecular flexibility index (Phi) is 6.17. The number of hydrogen-bond donors (Lipinski definition) is 0. The molecule has 1 fully saturated rings. The molecule has 3 aromatic rings. The van der Waals surface area contributed by atoms with E-state index in [1.165, 1.54) is 11.1 Å². The highest BCUT2D eigenvalue weighted by Gasteiger charge is 2.24. The highest BCUT2D eigenvalue weighted by Crippen LogP contribution is 2.29. The van der Waals surface area contributed by atoms with E-state index in [2.05, 4.69) is 70.8 Å². The van der Waals surface area contributed by atoms with Crippen LogP contribution in [-0.4, -0.2) is 45.7 Å². The fraction of sp³-hybridized carbons (Fsp3) is 0.333. The highest BCUT2D eigenvalue weighted by molar-refractivity contribution is 5.70. The Morgan fingerprint density at radius 3 is 2.48 bits per heavy atom. The molecule has 1 aliphatic heterocycles. The van der Waals surface area contributed by atoms with Crippen LogP contribution in [0.3, 0.4) is 0 Å². The molecule has 0 amide bonds. The number of rotatable bonds is 6. The second kappa shape index (κ2) is 9.16. The van der Waals surface area contributed by atoms with E-state index in [1.807, 2.05) is 24.8 Å². The smallest absolute Gasteiger partial charge is 0.0959 e. The van der Waals surface area contributed by atoms with Gasteiger partial charge in [0.1, 0.15) is 0 Å². The molecule has 1 saturated heterocycles. The van der Waals surface area contributed by atoms with Gasteiger partial charge in [0.2, 0.25) is 0 Å². The number of hydrogen-bond acceptors (Lipinski definition) is 4. The van der Waals surface area contributed by atoms with Crippen LogP contribution in [0.2, 0.25) is 0 Å². The maximum Gasteiger partial charge on any atom is 0.0959 e. The molecule has 0 N–H and O–H groups in total. The number of ether oxygens (including phenoxy) is 1. The van der Waals surface area contributed by atoms with E-state index in [9.17, 15) is 0 Å². The number of aromatic nitrogens is 3. The Morgan fingerprint density at radius 2 is 1.79 bits per heavy atom. The first-order chi connectivity index (χ1) is 14.2. The van der Waals surface area contributed by atoms with Gasteiger partial charge in [-0.05, 0) is 37.6 Å². The van der Waals surface area contributed by atoms with Gasteiger partial charge in [0.15, 0.2) is 0 Å². The van der Waals surface area contributed by atoms with E-state index < -0.39 is 0 Å². The number of nitrogens with zero attached hydrogens (tertiary/aromatic N) is 4. The Bertz CT molecular complexity index is 940. The molecule has 0 unspecified atom stereocenters. The normalized spacial score (nSPS) is 15.8. The van der Waals surface area contributed by atoms with Crippen molar-refractivity contribution in [3.8, 4) is 11.3 Å². The van der Waals surface area contributed by atoms with Gasteiger partial charge in [-0.25, -0.2) is 4.98 Å². The number of benzene rings is 1. The molecule has 5 heteroatoms. The zero-order valence-corrected chi connectivity index (χ0v) is 17.2. The van der Waals surface area contributed by atoms with Gasteiger partial charge >= 0.3 is 0 Å². The zero-order chi connectivity index (χ0) is 20.1. The van der Waals surface area contributed by atoms with Crippen LogP contribution in [0.4, 0.5) is 0 Å². The van der Waals surface area contributed by atoms with Crippen LogP contribution in [0.15, 0.2) is 66.8 Å². The van der Waals surface area contributed by atoms with Crippen molar-refractivity contribution in [3.05, 3.63) is 78.0 Å². The maximum atomic E-state index is 5.59. The molecule has 29 heavy (non-hydrogen) atoms. The van der Waals surface area contributed by atoms with Crippen molar-refractivity contribution in [3.63, 3.8) is 0 Å². The van der Waals surface area contributed by atoms with Crippen molar-refractivity contribution < 1.29 is 4.74 Å². The first-order valence-electron chi connectivity index (χ1n) is 10.2. The first kappa shape index (κ1) is 19.6. The van der Waals surface area contributed by atoms with Crippen molar-refractivity contribution in [1.29, 1.82) is 0 Å². The van der Waals surface area contributed by atoms with Crippen LogP contribution in [-0.2, 0) is 11.3 Å². The average Bonchev–Trinajstić information content (AvgIpc) is 3.15. The summed E-state index contributed by atoms with van der Waals surface area (Å²) in [6, 6.07) is 14.9. The van der Waals surface area contributed by atoms with Crippen LogP contribution in [0.25, 0.3) is 17.3 Å². The van der Waals surface area contributed by atoms with Crippen LogP contribution < -0.4 is 0 Å². The Morgan fingerprint density at radius 1 is 1.07 bits per heavy atom. The second-order valence-corrected chi connectivity index (χ2v) is 7.66. The quantitative estimate of drug-likeness (QED) is 0.626. The van der Waals surface area contributed by atoms with E-state index in [-0.39, 0.29) is 6.04 Å². The highest BCUT2D eigenvalue weighted by atomic mass is 16.5. The lowest BCUT2D eigenvalue weighted by molar-refractivity contribution is 0.0122. The summed E-state index contributed by atoms with van der Waals surface area (Å²) in [6.07, 6.45) is 7.97. The van der Waals surface area contributed by atoms with Crippen LogP contribution >= 0.6 is 0 Å². The molecule has 0 radical (unpaired) electrons. The van der Waals surface area contributed by atoms with E-state index in [1.54, 1.807) is 0 Å². The Balaban J connectivity index is 1.72. The predicted octanol–water partition coefficient (Wildman–Crippen LogP) is 4.44. The van der Waals surface area contributed by atoms with Crippen molar-refractivity contribution in [2.24, 2.45) is 0 Å². The Labute approximate surface area is 172 Å². The Hall–Kier alpha value is -2.76. The third-order valence-electron chi connectivity index (χ3n) is 5.30. The molecule has 0 spiro atoms. The minimum Gasteiger partial charge on any atom is -0.379 e. The van der Waals surface area contributed by atoms with Crippen molar-refractivity contribution >= 4 is 6.08 Å². The molecule has 4 rings (SSSR count). The van der Waals surface area contributed by atoms with Gasteiger partial charge < -0.3 is 9.30 Å². The largest absolute Gasteiger partial charge is 0.379 e. The van der Waals surface area contributed by atoms with Gasteiger partial charge in [0.05, 0.1) is 37.0 Å². The molecular formula is C24H28N4O. The predicted molar refractivity (Wildman–Crippen MR) is 116 cm³/mol. The van der Waals surface area contributed by atoms with Gasteiger partial charge in [-0.3, -0.25) is 9.88 Å². The van der Waals surface area contributed by atoms with E-state index in [4.69, 9.17) is 9.72 Å². The van der Waals surface area contributed by atoms with Crippen LogP contribution in [0.5, 0.6) is 0 Å². The SMILES string of the molecule is CC(C)=Cc1c(-c2ccccc2)ncn1C[C@@H](c1ccncc1)N1CCOCC1. The molecule has 1 atom stereocenters. The van der Waals surface area contributed by atoms with Crippen molar-refractivity contribution in [2.75, 3.05) is 26.3 Å². The topological polar surface area (TPSA) is 43.2 Å². The summed E-state index contributed by atoms with van der Waals surface area (Å²) in [5.41, 5.74) is 5.87. The molecular weight excluding hydrogens is 360 g/mol. The lowest BCUT2D eigenvalue weighted by Gasteiger charge is -2.35. The number of imidazole rings is 1. The minimum absolute atomic E-state index is 0.254. The molecule has 1 aliphatic rings. The molecule has 5 nitrogen and oxygen atoms in total. The molecule has 1 aromatic carbocycles. The van der Waals surface area contributed by atoms with Gasteiger partial charge in [-0.1, -0.05) is 35.9 Å². The molecule has 0 aliphatic carbocycles. The lowest BCUT2D eigenvalue weighted by atomic mass is 10.1. The summed E-state index contributed by atoms with van der Waals surface area (Å²) < 4.78 is 7.88. The average molecular weight is 389 g/mol. The first-order valence-corrected chi connectivity index (χ1v) is 10.2. The summed E-state index contributed by atoms with van der Waals surface area (Å²) in [4.78, 5) is 11.5. The second-order valence-electron chi connectivity index (χ2n) is 7.66. The van der Waals surface area contributed by atoms with Crippen LogP contribution in [0.1, 0.15) is 31.1 Å². The van der Waals surface area contributed by atoms with Gasteiger partial charge in [-0.2, -0.15) is 0 Å². The molecule has 2 aromatic heterocycles. The van der Waals surface area contributed by atoms with E-state index >= 15 is 0 Å². The maximum absolute atomic E-state index is 5.59. The molecule has 0 bridgehead atoms. The monoisotopic (exact) mass is 388 g/mol. The molecule has 0 saturated carbocycles. The number of pyridine rings is 1. The van der Waals surface area contributed by atoms with E-state index in [0.717, 1.165) is 49.8 Å². The summed E-state index contributed by atoms with van der Waals surface area (Å²) in [5, 5.41) is 0. The summed E-state index contributed by atoms with van der Waals surface area (Å²) in [6.45, 7) is 8.53. The third-order valence-corrected chi connectivity index (χ3v) is 5.30. The van der Waals surface area contributed by atoms with E-state index in [0.29, 0.717) is 0 Å². The molecule has 150 valence electrons. The van der Waals surface area contributed by atoms with Gasteiger partial charge in [0.25, 0.3) is 0 Å². The summed E-state index contributed by atoms with van der Waals surface area (Å²) >= 11 is 0. The zero-order valence-electron chi connectivity index (χ0n) is 17.2. The number of morpholine rings is 1. The third kappa shape index (κ3) is 4.63. The fourth-order valence-electron chi connectivity index (χ4n) is 3.87.